The number of aliphatic hydroxyl groups is 2. The number of nitrogens with one attached hydrogen (secondary N) is 2. The molecule has 2 heterocycles. The van der Waals surface area contributed by atoms with Gasteiger partial charge in [0.2, 0.25) is 0 Å². The maximum atomic E-state index is 12.0. The molecule has 2 rings (SSSR count). The van der Waals surface area contributed by atoms with Gasteiger partial charge in [0.1, 0.15) is 12.2 Å². The van der Waals surface area contributed by atoms with Gasteiger partial charge in [-0.25, -0.2) is 0 Å². The molecule has 1 fully saturated rings. The van der Waals surface area contributed by atoms with Gasteiger partial charge in [-0.3, -0.25) is 19.1 Å². The summed E-state index contributed by atoms with van der Waals surface area (Å²) in [5, 5.41) is 32.0. The third-order valence-corrected chi connectivity index (χ3v) is 6.05. The number of carboxylic acids is 1. The topological polar surface area (TPSA) is 137 Å². The van der Waals surface area contributed by atoms with Crippen molar-refractivity contribution in [3.8, 4) is 0 Å². The summed E-state index contributed by atoms with van der Waals surface area (Å²) in [5.41, 5.74) is -0.217. The number of aromatic amines is 1. The second-order valence-corrected chi connectivity index (χ2v) is 12.0. The van der Waals surface area contributed by atoms with Gasteiger partial charge in [0.15, 0.2) is 11.0 Å². The van der Waals surface area contributed by atoms with Crippen LogP contribution >= 0.6 is 19.1 Å². The number of carboxylic acid groups (broad SMARTS) is 1. The smallest absolute Gasteiger partial charge is 0.317 e. The summed E-state index contributed by atoms with van der Waals surface area (Å²) in [6.45, 7) is 2.56. The van der Waals surface area contributed by atoms with E-state index in [1.54, 1.807) is 0 Å². The van der Waals surface area contributed by atoms with Crippen molar-refractivity contribution in [3.05, 3.63) is 26.9 Å². The van der Waals surface area contributed by atoms with Crippen molar-refractivity contribution >= 4 is 31.4 Å². The minimum atomic E-state index is -1.30. The Morgan fingerprint density at radius 1 is 1.44 bits per heavy atom. The quantitative estimate of drug-likeness (QED) is 0.289. The highest BCUT2D eigenvalue weighted by atomic mass is 32.1. The highest BCUT2D eigenvalue weighted by Crippen LogP contribution is 2.39. The van der Waals surface area contributed by atoms with Crippen molar-refractivity contribution in [2.45, 2.75) is 37.5 Å². The number of aliphatic hydroxyl groups excluding tert-OH is 2. The molecule has 1 aliphatic rings. The van der Waals surface area contributed by atoms with Gasteiger partial charge < -0.3 is 25.4 Å². The van der Waals surface area contributed by atoms with Gasteiger partial charge in [0.05, 0.1) is 12.6 Å². The van der Waals surface area contributed by atoms with Crippen LogP contribution in [0.1, 0.15) is 18.2 Å². The molecule has 0 bridgehead atoms. The average Bonchev–Trinajstić information content (AvgIpc) is 2.82. The molecule has 5 N–H and O–H groups in total. The number of hydrogen-bond donors (Lipinski definition) is 5. The lowest BCUT2D eigenvalue weighted by Crippen LogP contribution is -2.33. The lowest BCUT2D eigenvalue weighted by molar-refractivity contribution is -0.136. The van der Waals surface area contributed by atoms with Gasteiger partial charge in [-0.15, -0.1) is 13.2 Å². The van der Waals surface area contributed by atoms with Gasteiger partial charge in [-0.2, -0.15) is 0 Å². The van der Waals surface area contributed by atoms with Crippen molar-refractivity contribution in [3.63, 3.8) is 0 Å². The van der Waals surface area contributed by atoms with Crippen LogP contribution in [-0.2, 0) is 16.1 Å². The fourth-order valence-corrected chi connectivity index (χ4v) is 4.02. The normalized spacial score (nSPS) is 25.6. The molecule has 4 atom stereocenters. The first-order valence-electron chi connectivity index (χ1n) is 8.45. The second-order valence-electron chi connectivity index (χ2n) is 7.31. The number of rotatable bonds is 8. The van der Waals surface area contributed by atoms with E-state index in [-0.39, 0.29) is 23.4 Å². The summed E-state index contributed by atoms with van der Waals surface area (Å²) in [6.07, 6.45) is 3.11. The molecule has 0 amide bonds. The van der Waals surface area contributed by atoms with E-state index in [4.69, 9.17) is 22.1 Å². The molecule has 27 heavy (non-hydrogen) atoms. The van der Waals surface area contributed by atoms with E-state index >= 15 is 0 Å². The Morgan fingerprint density at radius 2 is 2.11 bits per heavy atom. The molecule has 0 radical (unpaired) electrons. The molecule has 0 saturated carbocycles. The van der Waals surface area contributed by atoms with Crippen molar-refractivity contribution in [2.75, 3.05) is 26.0 Å². The average molecular weight is 419 g/mol. The Hall–Kier alpha value is -1.29. The predicted molar refractivity (Wildman–Crippen MR) is 107 cm³/mol. The zero-order chi connectivity index (χ0) is 20.4. The molecule has 9 nitrogen and oxygen atoms in total. The zero-order valence-corrected chi connectivity index (χ0v) is 17.0. The van der Waals surface area contributed by atoms with Gasteiger partial charge in [0.25, 0.3) is 5.56 Å². The first kappa shape index (κ1) is 22.0. The van der Waals surface area contributed by atoms with Crippen molar-refractivity contribution < 1.29 is 24.9 Å². The number of hydrogen-bond acceptors (Lipinski definition) is 7. The van der Waals surface area contributed by atoms with Crippen LogP contribution in [0, 0.1) is 4.77 Å². The molecule has 1 saturated heterocycles. The monoisotopic (exact) mass is 419 g/mol. The summed E-state index contributed by atoms with van der Waals surface area (Å²) < 4.78 is 7.26. The lowest BCUT2D eigenvalue weighted by Gasteiger charge is -2.20. The molecule has 152 valence electrons. The van der Waals surface area contributed by atoms with Gasteiger partial charge in [0, 0.05) is 18.3 Å². The minimum absolute atomic E-state index is 0.00617. The van der Waals surface area contributed by atoms with Crippen molar-refractivity contribution in [1.29, 1.82) is 0 Å². The minimum Gasteiger partial charge on any atom is -0.480 e. The molecule has 1 aromatic rings. The Labute approximate surface area is 162 Å². The molecule has 0 aliphatic carbocycles. The molecule has 0 spiro atoms. The zero-order valence-electron chi connectivity index (χ0n) is 15.3. The second kappa shape index (κ2) is 8.81. The fourth-order valence-electron chi connectivity index (χ4n) is 2.82. The summed E-state index contributed by atoms with van der Waals surface area (Å²) in [6, 6.07) is 0. The van der Waals surface area contributed by atoms with E-state index in [1.165, 1.54) is 10.8 Å². The first-order valence-corrected chi connectivity index (χ1v) is 11.9. The summed E-state index contributed by atoms with van der Waals surface area (Å²) in [5.74, 6) is -1.05. The summed E-state index contributed by atoms with van der Waals surface area (Å²) in [4.78, 5) is 25.1. The highest BCUT2D eigenvalue weighted by Gasteiger charge is 2.43. The van der Waals surface area contributed by atoms with E-state index in [9.17, 15) is 19.8 Å². The Balaban J connectivity index is 2.21. The van der Waals surface area contributed by atoms with Gasteiger partial charge in [-0.1, -0.05) is 0 Å². The standard InChI is InChI=1S/C16H26N3O6PS/c1-26(2,3)5-4-10-12(22)13(23)15(25-10)19-8-9(6-17-7-11(20)21)14(24)18-16(19)27/h8,10,12-13,15,17,22-23H,1,4-7H2,2-3H3,(H,20,21)(H,18,24,27)/t10-,12-,13-,15-/m1/s1. The maximum absolute atomic E-state index is 12.0. The predicted octanol–water partition coefficient (Wildman–Crippen LogP) is -0.201. The third kappa shape index (κ3) is 5.84. The van der Waals surface area contributed by atoms with E-state index in [2.05, 4.69) is 29.9 Å². The van der Waals surface area contributed by atoms with Crippen LogP contribution in [0.3, 0.4) is 0 Å². The van der Waals surface area contributed by atoms with E-state index < -0.39 is 43.0 Å². The van der Waals surface area contributed by atoms with Crippen LogP contribution < -0.4 is 10.9 Å². The maximum Gasteiger partial charge on any atom is 0.317 e. The van der Waals surface area contributed by atoms with Crippen LogP contribution in [0.5, 0.6) is 0 Å². The summed E-state index contributed by atoms with van der Waals surface area (Å²) in [7, 11) is 0. The highest BCUT2D eigenvalue weighted by molar-refractivity contribution is 7.72. The van der Waals surface area contributed by atoms with Crippen LogP contribution in [0.25, 0.3) is 0 Å². The van der Waals surface area contributed by atoms with Crippen LogP contribution in [0.2, 0.25) is 0 Å². The SMILES string of the molecule is C=P(C)(C)CC[C@H]1O[C@@H](n2cc(CNCC(=O)O)c(=O)[nH]c2=S)[C@H](O)[C@@H]1O. The molecule has 0 unspecified atom stereocenters. The van der Waals surface area contributed by atoms with Crippen molar-refractivity contribution in [2.24, 2.45) is 0 Å². The van der Waals surface area contributed by atoms with E-state index in [1.807, 2.05) is 0 Å². The molecule has 11 heteroatoms. The van der Waals surface area contributed by atoms with Crippen LogP contribution in [-0.4, -0.2) is 81.5 Å². The number of nitrogens with zero attached hydrogens (tertiary/aromatic N) is 1. The molecule has 1 aliphatic heterocycles. The Kier molecular flexibility index (Phi) is 7.18. The molecule has 0 aromatic carbocycles. The first-order chi connectivity index (χ1) is 12.5. The fraction of sp³-hybridized carbons (Fsp3) is 0.625. The van der Waals surface area contributed by atoms with Crippen LogP contribution in [0.15, 0.2) is 11.0 Å². The number of aliphatic carboxylic acids is 1. The molecular formula is C16H26N3O6PS. The van der Waals surface area contributed by atoms with Gasteiger partial charge in [-0.05, 0) is 38.1 Å². The van der Waals surface area contributed by atoms with E-state index in [0.717, 1.165) is 6.16 Å². The molecular weight excluding hydrogens is 393 g/mol. The third-order valence-electron chi connectivity index (χ3n) is 4.26. The number of carbonyl (C=O) groups is 1. The molecule has 1 aromatic heterocycles. The lowest BCUT2D eigenvalue weighted by atomic mass is 10.1. The Morgan fingerprint density at radius 3 is 2.70 bits per heavy atom. The van der Waals surface area contributed by atoms with Gasteiger partial charge >= 0.3 is 5.97 Å². The summed E-state index contributed by atoms with van der Waals surface area (Å²) >= 11 is 5.16. The Bertz CT molecular complexity index is 847. The van der Waals surface area contributed by atoms with E-state index in [0.29, 0.717) is 6.42 Å². The van der Waals surface area contributed by atoms with Crippen molar-refractivity contribution in [1.82, 2.24) is 14.9 Å². The number of H-pyrrole nitrogens is 1. The largest absolute Gasteiger partial charge is 0.480 e. The number of ether oxygens (including phenoxy) is 1. The number of aromatic nitrogens is 2. The van der Waals surface area contributed by atoms with Crippen LogP contribution in [0.4, 0.5) is 0 Å².